The Labute approximate surface area is 130 Å². The molecule has 1 aromatic rings. The summed E-state index contributed by atoms with van der Waals surface area (Å²) in [6.45, 7) is 0.522. The van der Waals surface area contributed by atoms with E-state index in [2.05, 4.69) is 21.2 Å². The van der Waals surface area contributed by atoms with E-state index in [4.69, 9.17) is 0 Å². The third-order valence-corrected chi connectivity index (χ3v) is 5.95. The van der Waals surface area contributed by atoms with Crippen LogP contribution in [0.25, 0.3) is 0 Å². The van der Waals surface area contributed by atoms with Crippen LogP contribution >= 0.6 is 27.3 Å². The summed E-state index contributed by atoms with van der Waals surface area (Å²) in [4.78, 5) is 27.4. The van der Waals surface area contributed by atoms with E-state index >= 15 is 0 Å². The van der Waals surface area contributed by atoms with E-state index in [1.165, 1.54) is 0 Å². The van der Waals surface area contributed by atoms with Crippen LogP contribution in [-0.4, -0.2) is 22.4 Å². The van der Waals surface area contributed by atoms with Gasteiger partial charge in [-0.15, -0.1) is 11.3 Å². The Bertz CT molecular complexity index is 535. The third kappa shape index (κ3) is 2.39. The summed E-state index contributed by atoms with van der Waals surface area (Å²) < 4.78 is 1.03. The molecule has 3 rings (SSSR count). The Morgan fingerprint density at radius 3 is 2.55 bits per heavy atom. The zero-order chi connectivity index (χ0) is 14.2. The number of carbonyl (C=O) groups is 2. The van der Waals surface area contributed by atoms with Crippen molar-refractivity contribution in [2.24, 2.45) is 0 Å². The van der Waals surface area contributed by atoms with E-state index in [-0.39, 0.29) is 11.9 Å². The monoisotopic (exact) mass is 356 g/mol. The molecule has 1 aromatic heterocycles. The summed E-state index contributed by atoms with van der Waals surface area (Å²) in [5, 5.41) is 4.53. The van der Waals surface area contributed by atoms with Crippen molar-refractivity contribution in [3.05, 3.63) is 20.8 Å². The number of amides is 3. The van der Waals surface area contributed by atoms with Crippen LogP contribution in [0.3, 0.4) is 0 Å². The van der Waals surface area contributed by atoms with Crippen molar-refractivity contribution >= 4 is 39.2 Å². The molecule has 1 aliphatic heterocycles. The van der Waals surface area contributed by atoms with Crippen molar-refractivity contribution < 1.29 is 9.59 Å². The maximum Gasteiger partial charge on any atom is 0.325 e. The molecule has 4 nitrogen and oxygen atoms in total. The van der Waals surface area contributed by atoms with Gasteiger partial charge in [-0.05, 0) is 34.8 Å². The molecule has 0 bridgehead atoms. The highest BCUT2D eigenvalue weighted by atomic mass is 79.9. The summed E-state index contributed by atoms with van der Waals surface area (Å²) in [5.41, 5.74) is -0.607. The topological polar surface area (TPSA) is 49.4 Å². The minimum atomic E-state index is -0.607. The number of thiophene rings is 1. The number of halogens is 1. The minimum Gasteiger partial charge on any atom is -0.305 e. The molecule has 0 aromatic carbocycles. The number of rotatable bonds is 2. The molecule has 108 valence electrons. The maximum atomic E-state index is 12.3. The quantitative estimate of drug-likeness (QED) is 0.822. The Morgan fingerprint density at radius 2 is 1.95 bits per heavy atom. The number of carbonyl (C=O) groups excluding carboxylic acids is 2. The lowest BCUT2D eigenvalue weighted by Crippen LogP contribution is -2.48. The molecular formula is C14H17BrN2O2S. The van der Waals surface area contributed by atoms with Gasteiger partial charge in [0, 0.05) is 14.7 Å². The normalized spacial score (nSPS) is 22.1. The number of hydrogen-bond acceptors (Lipinski definition) is 3. The van der Waals surface area contributed by atoms with Gasteiger partial charge in [0.15, 0.2) is 0 Å². The van der Waals surface area contributed by atoms with Crippen molar-refractivity contribution in [3.63, 3.8) is 0 Å². The predicted octanol–water partition coefficient (Wildman–Crippen LogP) is 3.66. The molecule has 2 heterocycles. The molecule has 2 fully saturated rings. The Morgan fingerprint density at radius 1 is 1.25 bits per heavy atom. The first-order valence-electron chi connectivity index (χ1n) is 6.98. The van der Waals surface area contributed by atoms with Crippen LogP contribution in [0.15, 0.2) is 15.9 Å². The number of urea groups is 1. The molecule has 0 atom stereocenters. The largest absolute Gasteiger partial charge is 0.325 e. The molecule has 0 unspecified atom stereocenters. The van der Waals surface area contributed by atoms with Crippen molar-refractivity contribution in [1.82, 2.24) is 10.2 Å². The van der Waals surface area contributed by atoms with Crippen LogP contribution < -0.4 is 5.32 Å². The molecule has 1 N–H and O–H groups in total. The first-order valence-corrected chi connectivity index (χ1v) is 8.65. The van der Waals surface area contributed by atoms with Crippen molar-refractivity contribution in [2.45, 2.75) is 50.6 Å². The number of nitrogens with zero attached hydrogens (tertiary/aromatic N) is 1. The zero-order valence-corrected chi connectivity index (χ0v) is 13.6. The van der Waals surface area contributed by atoms with Gasteiger partial charge in [-0.3, -0.25) is 10.1 Å². The third-order valence-electron chi connectivity index (χ3n) is 4.27. The average molecular weight is 357 g/mol. The summed E-state index contributed by atoms with van der Waals surface area (Å²) in [6.07, 6.45) is 5.92. The first-order chi connectivity index (χ1) is 9.62. The summed E-state index contributed by atoms with van der Waals surface area (Å²) >= 11 is 5.05. The van der Waals surface area contributed by atoms with Gasteiger partial charge in [0.1, 0.15) is 5.54 Å². The fraction of sp³-hybridized carbons (Fsp3) is 0.571. The molecule has 20 heavy (non-hydrogen) atoms. The predicted molar refractivity (Wildman–Crippen MR) is 81.5 cm³/mol. The standard InChI is InChI=1S/C14H17BrN2O2S/c15-10-7-11(20-9-10)8-17-13(19)16-12(18)14(17)5-3-1-2-4-6-14/h7,9H,1-6,8H2,(H,16,18,19). The highest BCUT2D eigenvalue weighted by molar-refractivity contribution is 9.10. The van der Waals surface area contributed by atoms with Crippen LogP contribution in [0.1, 0.15) is 43.4 Å². The fourth-order valence-corrected chi connectivity index (χ4v) is 4.66. The average Bonchev–Trinajstić information content (AvgIpc) is 2.80. The van der Waals surface area contributed by atoms with Gasteiger partial charge < -0.3 is 4.90 Å². The van der Waals surface area contributed by atoms with Gasteiger partial charge in [0.2, 0.25) is 0 Å². The van der Waals surface area contributed by atoms with Crippen LogP contribution in [-0.2, 0) is 11.3 Å². The van der Waals surface area contributed by atoms with Gasteiger partial charge >= 0.3 is 6.03 Å². The first kappa shape index (κ1) is 14.1. The lowest BCUT2D eigenvalue weighted by atomic mass is 9.88. The van der Waals surface area contributed by atoms with Gasteiger partial charge in [0.25, 0.3) is 5.91 Å². The molecule has 3 amide bonds. The highest BCUT2D eigenvalue weighted by Crippen LogP contribution is 2.37. The summed E-state index contributed by atoms with van der Waals surface area (Å²) in [7, 11) is 0. The van der Waals surface area contributed by atoms with Crippen LogP contribution in [0, 0.1) is 0 Å². The minimum absolute atomic E-state index is 0.0972. The molecule has 1 spiro atoms. The lowest BCUT2D eigenvalue weighted by molar-refractivity contribution is -0.127. The summed E-state index contributed by atoms with van der Waals surface area (Å²) in [6, 6.07) is 1.78. The molecule has 1 saturated heterocycles. The Hall–Kier alpha value is -0.880. The lowest BCUT2D eigenvalue weighted by Gasteiger charge is -2.34. The Kier molecular flexibility index (Phi) is 3.86. The van der Waals surface area contributed by atoms with E-state index in [0.29, 0.717) is 6.54 Å². The van der Waals surface area contributed by atoms with E-state index in [9.17, 15) is 9.59 Å². The SMILES string of the molecule is O=C1NC(=O)C2(CCCCCC2)N1Cc1cc(Br)cs1. The molecule has 1 saturated carbocycles. The number of hydrogen-bond donors (Lipinski definition) is 1. The van der Waals surface area contributed by atoms with Crippen LogP contribution in [0.2, 0.25) is 0 Å². The van der Waals surface area contributed by atoms with Crippen molar-refractivity contribution in [3.8, 4) is 0 Å². The fourth-order valence-electron chi connectivity index (χ4n) is 3.22. The van der Waals surface area contributed by atoms with Gasteiger partial charge in [-0.25, -0.2) is 4.79 Å². The smallest absolute Gasteiger partial charge is 0.305 e. The van der Waals surface area contributed by atoms with Crippen molar-refractivity contribution in [1.29, 1.82) is 0 Å². The molecular weight excluding hydrogens is 340 g/mol. The zero-order valence-electron chi connectivity index (χ0n) is 11.2. The Balaban J connectivity index is 1.88. The van der Waals surface area contributed by atoms with Crippen molar-refractivity contribution in [2.75, 3.05) is 0 Å². The van der Waals surface area contributed by atoms with Gasteiger partial charge in [0.05, 0.1) is 6.54 Å². The van der Waals surface area contributed by atoms with Gasteiger partial charge in [-0.1, -0.05) is 25.7 Å². The van der Waals surface area contributed by atoms with E-state index < -0.39 is 5.54 Å². The van der Waals surface area contributed by atoms with Crippen LogP contribution in [0.5, 0.6) is 0 Å². The molecule has 0 radical (unpaired) electrons. The second kappa shape index (κ2) is 5.48. The summed E-state index contributed by atoms with van der Waals surface area (Å²) in [5.74, 6) is -0.0972. The second-order valence-electron chi connectivity index (χ2n) is 5.52. The van der Waals surface area contributed by atoms with E-state index in [0.717, 1.165) is 47.9 Å². The molecule has 1 aliphatic carbocycles. The molecule has 2 aliphatic rings. The highest BCUT2D eigenvalue weighted by Gasteiger charge is 2.52. The van der Waals surface area contributed by atoms with Crippen LogP contribution in [0.4, 0.5) is 4.79 Å². The van der Waals surface area contributed by atoms with E-state index in [1.807, 2.05) is 11.4 Å². The number of nitrogens with one attached hydrogen (secondary N) is 1. The number of imide groups is 1. The maximum absolute atomic E-state index is 12.3. The second-order valence-corrected chi connectivity index (χ2v) is 7.43. The molecule has 6 heteroatoms. The van der Waals surface area contributed by atoms with Gasteiger partial charge in [-0.2, -0.15) is 0 Å². The van der Waals surface area contributed by atoms with E-state index in [1.54, 1.807) is 16.2 Å².